The molecule has 6 nitrogen and oxygen atoms in total. The molecule has 0 fully saturated rings. The zero-order valence-corrected chi connectivity index (χ0v) is 22.2. The van der Waals surface area contributed by atoms with Gasteiger partial charge in [-0.05, 0) is 85.2 Å². The van der Waals surface area contributed by atoms with E-state index in [1.165, 1.54) is 24.3 Å². The first-order valence-corrected chi connectivity index (χ1v) is 12.4. The number of fused-ring (bicyclic) bond motifs is 1. The number of benzene rings is 2. The van der Waals surface area contributed by atoms with Crippen LogP contribution in [0.25, 0.3) is 5.57 Å². The highest BCUT2D eigenvalue weighted by Gasteiger charge is 2.33. The maximum absolute atomic E-state index is 13.5. The molecule has 0 spiro atoms. The summed E-state index contributed by atoms with van der Waals surface area (Å²) in [5.41, 5.74) is 6.03. The summed E-state index contributed by atoms with van der Waals surface area (Å²) in [4.78, 5) is 17.8. The van der Waals surface area contributed by atoms with Crippen molar-refractivity contribution in [1.82, 2.24) is 15.3 Å². The smallest absolute Gasteiger partial charge is 0.406 e. The molecule has 0 atom stereocenters. The van der Waals surface area contributed by atoms with Gasteiger partial charge in [-0.1, -0.05) is 24.8 Å². The third kappa shape index (κ3) is 6.00. The maximum atomic E-state index is 13.5. The van der Waals surface area contributed by atoms with Gasteiger partial charge in [0.2, 0.25) is 0 Å². The predicted octanol–water partition coefficient (Wildman–Crippen LogP) is 6.13. The number of aryl methyl sites for hydroxylation is 1. The van der Waals surface area contributed by atoms with E-state index < -0.39 is 12.3 Å². The molecule has 39 heavy (non-hydrogen) atoms. The fourth-order valence-corrected chi connectivity index (χ4v) is 4.98. The molecule has 1 aliphatic heterocycles. The van der Waals surface area contributed by atoms with E-state index in [0.717, 1.165) is 33.5 Å². The Morgan fingerprint density at radius 2 is 1.82 bits per heavy atom. The van der Waals surface area contributed by atoms with Gasteiger partial charge < -0.3 is 10.1 Å². The van der Waals surface area contributed by atoms with Crippen LogP contribution in [0.4, 0.5) is 17.6 Å². The number of allylic oxidation sites excluding steroid dienone is 2. The molecular weight excluding hydrogens is 512 g/mol. The van der Waals surface area contributed by atoms with E-state index in [-0.39, 0.29) is 17.3 Å². The minimum atomic E-state index is -4.77. The molecule has 2 aromatic carbocycles. The average Bonchev–Trinajstić information content (AvgIpc) is 2.98. The number of aliphatic imine (C=N–C) groups is 1. The van der Waals surface area contributed by atoms with Gasteiger partial charge in [-0.2, -0.15) is 0 Å². The van der Waals surface area contributed by atoms with Crippen molar-refractivity contribution in [1.29, 1.82) is 0 Å². The van der Waals surface area contributed by atoms with Crippen molar-refractivity contribution in [3.8, 4) is 5.75 Å². The Bertz CT molecular complexity index is 1390. The van der Waals surface area contributed by atoms with Gasteiger partial charge >= 0.3 is 6.36 Å². The molecule has 4 rings (SSSR count). The number of hydrazine groups is 1. The zero-order chi connectivity index (χ0) is 28.5. The van der Waals surface area contributed by atoms with Crippen molar-refractivity contribution in [3.63, 3.8) is 0 Å². The van der Waals surface area contributed by atoms with Gasteiger partial charge in [0, 0.05) is 14.1 Å². The Balaban J connectivity index is 1.56. The minimum Gasteiger partial charge on any atom is -0.406 e. The molecule has 2 aliphatic rings. The third-order valence-corrected chi connectivity index (χ3v) is 7.06. The maximum Gasteiger partial charge on any atom is 0.573 e. The van der Waals surface area contributed by atoms with E-state index in [1.54, 1.807) is 25.2 Å². The molecule has 0 unspecified atom stereocenters. The molecule has 1 amide bonds. The number of carbonyl (C=O) groups excluding carboxylic acids is 1. The summed E-state index contributed by atoms with van der Waals surface area (Å²) < 4.78 is 55.5. The minimum absolute atomic E-state index is 0.253. The Kier molecular flexibility index (Phi) is 7.85. The number of halogens is 4. The first-order valence-electron chi connectivity index (χ1n) is 12.4. The number of carbonyl (C=O) groups is 1. The van der Waals surface area contributed by atoms with Crippen LogP contribution in [0.1, 0.15) is 43.4 Å². The van der Waals surface area contributed by atoms with Crippen molar-refractivity contribution in [2.24, 2.45) is 4.99 Å². The number of hydrogen-bond donors (Lipinski definition) is 1. The van der Waals surface area contributed by atoms with Crippen molar-refractivity contribution in [3.05, 3.63) is 94.2 Å². The largest absolute Gasteiger partial charge is 0.573 e. The normalized spacial score (nSPS) is 16.5. The van der Waals surface area contributed by atoms with Gasteiger partial charge in [-0.15, -0.1) is 13.2 Å². The fraction of sp³-hybridized carbons (Fsp3) is 0.310. The number of nitrogens with one attached hydrogen (secondary N) is 1. The number of hydrogen-bond acceptors (Lipinski definition) is 5. The van der Waals surface area contributed by atoms with Gasteiger partial charge in [-0.25, -0.2) is 4.39 Å². The van der Waals surface area contributed by atoms with Crippen molar-refractivity contribution >= 4 is 17.2 Å². The molecule has 1 aliphatic carbocycles. The highest BCUT2D eigenvalue weighted by molar-refractivity contribution is 6.47. The summed E-state index contributed by atoms with van der Waals surface area (Å²) in [6.07, 6.45) is -3.07. The van der Waals surface area contributed by atoms with Crippen LogP contribution in [-0.4, -0.2) is 42.1 Å². The SMILES string of the molecule is C=C1C(NC(=O)C(=NC)C2=C(C)c3ccc(OC(F)(F)F)cc3CCC2)=C(C)N(C)N1Cc1ccc(F)cc1. The summed E-state index contributed by atoms with van der Waals surface area (Å²) in [5, 5.41) is 6.72. The van der Waals surface area contributed by atoms with Crippen LogP contribution in [0, 0.1) is 5.82 Å². The molecule has 0 saturated carbocycles. The van der Waals surface area contributed by atoms with E-state index in [9.17, 15) is 22.4 Å². The Morgan fingerprint density at radius 1 is 1.13 bits per heavy atom. The van der Waals surface area contributed by atoms with Crippen LogP contribution >= 0.6 is 0 Å². The van der Waals surface area contributed by atoms with Crippen LogP contribution < -0.4 is 10.1 Å². The average molecular weight is 543 g/mol. The zero-order valence-electron chi connectivity index (χ0n) is 22.2. The van der Waals surface area contributed by atoms with E-state index in [0.29, 0.717) is 37.2 Å². The lowest BCUT2D eigenvalue weighted by Gasteiger charge is -2.30. The number of rotatable bonds is 6. The van der Waals surface area contributed by atoms with Crippen LogP contribution in [0.3, 0.4) is 0 Å². The van der Waals surface area contributed by atoms with Crippen LogP contribution in [0.15, 0.2) is 76.7 Å². The van der Waals surface area contributed by atoms with Crippen molar-refractivity contribution < 1.29 is 27.1 Å². The molecule has 206 valence electrons. The van der Waals surface area contributed by atoms with Gasteiger partial charge in [0.05, 0.1) is 23.6 Å². The molecule has 0 bridgehead atoms. The topological polar surface area (TPSA) is 57.2 Å². The highest BCUT2D eigenvalue weighted by Crippen LogP contribution is 2.35. The second kappa shape index (κ2) is 11.0. The van der Waals surface area contributed by atoms with Gasteiger partial charge in [0.1, 0.15) is 17.3 Å². The molecule has 0 radical (unpaired) electrons. The summed E-state index contributed by atoms with van der Waals surface area (Å²) >= 11 is 0. The van der Waals surface area contributed by atoms with Crippen LogP contribution in [0.5, 0.6) is 5.75 Å². The number of nitrogens with zero attached hydrogens (tertiary/aromatic N) is 3. The summed E-state index contributed by atoms with van der Waals surface area (Å²) in [7, 11) is 3.39. The van der Waals surface area contributed by atoms with E-state index in [4.69, 9.17) is 0 Å². The van der Waals surface area contributed by atoms with E-state index in [1.807, 2.05) is 30.9 Å². The lowest BCUT2D eigenvalue weighted by atomic mass is 9.95. The quantitative estimate of drug-likeness (QED) is 0.353. The third-order valence-electron chi connectivity index (χ3n) is 7.06. The molecule has 1 N–H and O–H groups in total. The second-order valence-electron chi connectivity index (χ2n) is 9.47. The molecule has 0 saturated heterocycles. The van der Waals surface area contributed by atoms with E-state index in [2.05, 4.69) is 21.6 Å². The van der Waals surface area contributed by atoms with E-state index >= 15 is 0 Å². The summed E-state index contributed by atoms with van der Waals surface area (Å²) in [6, 6.07) is 10.5. The summed E-state index contributed by atoms with van der Waals surface area (Å²) in [6.45, 7) is 8.31. The lowest BCUT2D eigenvalue weighted by Crippen LogP contribution is -2.34. The molecule has 10 heteroatoms. The lowest BCUT2D eigenvalue weighted by molar-refractivity contribution is -0.274. The Labute approximate surface area is 224 Å². The Morgan fingerprint density at radius 3 is 2.46 bits per heavy atom. The standard InChI is InChI=1S/C29H30F4N4O2/c1-17-24-14-13-23(39-29(31,32)33)15-21(24)7-6-8-25(17)27(34-4)28(38)35-26-18(2)36(5)37(19(26)3)16-20-9-11-22(30)12-10-20/h9-15H,3,6-8,16H2,1-2,4-5H3,(H,35,38). The molecular formula is C29H30F4N4O2. The first-order chi connectivity index (χ1) is 18.4. The summed E-state index contributed by atoms with van der Waals surface area (Å²) in [5.74, 6) is -0.988. The molecule has 0 aromatic heterocycles. The molecule has 1 heterocycles. The number of amides is 1. The fourth-order valence-electron chi connectivity index (χ4n) is 4.98. The Hall–Kier alpha value is -4.08. The second-order valence-corrected chi connectivity index (χ2v) is 9.47. The van der Waals surface area contributed by atoms with Crippen molar-refractivity contribution in [2.45, 2.75) is 46.0 Å². The molecule has 2 aromatic rings. The van der Waals surface area contributed by atoms with Crippen LogP contribution in [0.2, 0.25) is 0 Å². The number of alkyl halides is 3. The van der Waals surface area contributed by atoms with Crippen LogP contribution in [-0.2, 0) is 17.8 Å². The predicted molar refractivity (Wildman–Crippen MR) is 142 cm³/mol. The monoisotopic (exact) mass is 542 g/mol. The van der Waals surface area contributed by atoms with Crippen molar-refractivity contribution in [2.75, 3.05) is 14.1 Å². The highest BCUT2D eigenvalue weighted by atomic mass is 19.4. The van der Waals surface area contributed by atoms with Gasteiger partial charge in [-0.3, -0.25) is 19.8 Å². The number of ether oxygens (including phenoxy) is 1. The first kappa shape index (κ1) is 27.9. The van der Waals surface area contributed by atoms with Gasteiger partial charge in [0.25, 0.3) is 5.91 Å². The van der Waals surface area contributed by atoms with Gasteiger partial charge in [0.15, 0.2) is 0 Å².